The number of methoxy groups -OCH3 is 1. The summed E-state index contributed by atoms with van der Waals surface area (Å²) in [6.45, 7) is 0.971. The first-order valence-electron chi connectivity index (χ1n) is 5.98. The lowest BCUT2D eigenvalue weighted by atomic mass is 10.2. The van der Waals surface area contributed by atoms with Gasteiger partial charge in [0.15, 0.2) is 0 Å². The number of rotatable bonds is 5. The quantitative estimate of drug-likeness (QED) is 0.892. The summed E-state index contributed by atoms with van der Waals surface area (Å²) in [6, 6.07) is 2.06. The maximum absolute atomic E-state index is 13.7. The summed E-state index contributed by atoms with van der Waals surface area (Å²) >= 11 is 2.95. The molecule has 0 unspecified atom stereocenters. The van der Waals surface area contributed by atoms with Crippen LogP contribution in [0.3, 0.4) is 0 Å². The van der Waals surface area contributed by atoms with Gasteiger partial charge in [0.25, 0.3) is 5.91 Å². The minimum Gasteiger partial charge on any atom is -0.383 e. The Balaban J connectivity index is 2.13. The molecule has 0 bridgehead atoms. The Morgan fingerprint density at radius 2 is 2.10 bits per heavy atom. The Morgan fingerprint density at radius 3 is 2.71 bits per heavy atom. The average molecular weight is 360 g/mol. The van der Waals surface area contributed by atoms with Gasteiger partial charge < -0.3 is 10.1 Å². The number of nitrogens with zero attached hydrogens (tertiary/aromatic N) is 2. The Labute approximate surface area is 128 Å². The average Bonchev–Trinajstić information content (AvgIpc) is 2.82. The van der Waals surface area contributed by atoms with Gasteiger partial charge in [-0.15, -0.1) is 0 Å². The molecule has 1 N–H and O–H groups in total. The van der Waals surface area contributed by atoms with Crippen molar-refractivity contribution in [2.75, 3.05) is 19.0 Å². The molecule has 0 aliphatic carbocycles. The zero-order valence-corrected chi connectivity index (χ0v) is 12.7. The summed E-state index contributed by atoms with van der Waals surface area (Å²) in [4.78, 5) is 11.9. The van der Waals surface area contributed by atoms with E-state index >= 15 is 0 Å². The monoisotopic (exact) mass is 359 g/mol. The number of hydrogen-bond donors (Lipinski definition) is 1. The van der Waals surface area contributed by atoms with Gasteiger partial charge in [-0.1, -0.05) is 15.9 Å². The van der Waals surface area contributed by atoms with E-state index in [2.05, 4.69) is 26.3 Å². The van der Waals surface area contributed by atoms with Crippen molar-refractivity contribution in [3.8, 4) is 0 Å². The minimum atomic E-state index is -0.939. The number of benzene rings is 1. The number of halogens is 3. The van der Waals surface area contributed by atoms with Gasteiger partial charge in [-0.3, -0.25) is 9.48 Å². The molecule has 2 aromatic rings. The third-order valence-corrected chi connectivity index (χ3v) is 3.11. The molecule has 1 aromatic carbocycles. The van der Waals surface area contributed by atoms with Crippen molar-refractivity contribution in [1.29, 1.82) is 0 Å². The molecule has 5 nitrogen and oxygen atoms in total. The third-order valence-electron chi connectivity index (χ3n) is 2.65. The van der Waals surface area contributed by atoms with Crippen molar-refractivity contribution < 1.29 is 18.3 Å². The molecule has 0 aliphatic rings. The molecule has 21 heavy (non-hydrogen) atoms. The van der Waals surface area contributed by atoms with Crippen LogP contribution in [0.2, 0.25) is 0 Å². The Morgan fingerprint density at radius 1 is 1.43 bits per heavy atom. The van der Waals surface area contributed by atoms with Crippen molar-refractivity contribution >= 4 is 27.5 Å². The lowest BCUT2D eigenvalue weighted by Gasteiger charge is -2.06. The zero-order valence-electron chi connectivity index (χ0n) is 11.1. The number of carbonyl (C=O) groups excluding carboxylic acids is 1. The van der Waals surface area contributed by atoms with Crippen LogP contribution in [0.5, 0.6) is 0 Å². The van der Waals surface area contributed by atoms with Crippen molar-refractivity contribution in [3.05, 3.63) is 46.2 Å². The summed E-state index contributed by atoms with van der Waals surface area (Å²) in [5.74, 6) is -2.75. The fourth-order valence-electron chi connectivity index (χ4n) is 1.69. The fraction of sp³-hybridized carbons (Fsp3) is 0.231. The van der Waals surface area contributed by atoms with Crippen LogP contribution in [0.15, 0.2) is 29.0 Å². The predicted molar refractivity (Wildman–Crippen MR) is 76.1 cm³/mol. The van der Waals surface area contributed by atoms with E-state index < -0.39 is 23.1 Å². The van der Waals surface area contributed by atoms with Crippen LogP contribution in [0.1, 0.15) is 10.4 Å². The molecule has 0 radical (unpaired) electrons. The van der Waals surface area contributed by atoms with E-state index in [0.717, 1.165) is 12.1 Å². The molecule has 0 saturated heterocycles. The van der Waals surface area contributed by atoms with Gasteiger partial charge in [0.1, 0.15) is 17.2 Å². The van der Waals surface area contributed by atoms with E-state index in [1.54, 1.807) is 18.0 Å². The largest absolute Gasteiger partial charge is 0.383 e. The number of anilines is 1. The van der Waals surface area contributed by atoms with Gasteiger partial charge in [0.05, 0.1) is 25.0 Å². The normalized spacial score (nSPS) is 10.7. The molecule has 0 spiro atoms. The van der Waals surface area contributed by atoms with Gasteiger partial charge in [0.2, 0.25) is 0 Å². The van der Waals surface area contributed by atoms with E-state index in [0.29, 0.717) is 18.8 Å². The van der Waals surface area contributed by atoms with Crippen LogP contribution in [-0.4, -0.2) is 29.4 Å². The van der Waals surface area contributed by atoms with E-state index in [-0.39, 0.29) is 4.47 Å². The third kappa shape index (κ3) is 3.85. The first-order chi connectivity index (χ1) is 10.0. The van der Waals surface area contributed by atoms with Crippen molar-refractivity contribution in [2.24, 2.45) is 0 Å². The smallest absolute Gasteiger partial charge is 0.261 e. The number of amides is 1. The van der Waals surface area contributed by atoms with Crippen LogP contribution in [0.25, 0.3) is 0 Å². The highest BCUT2D eigenvalue weighted by Crippen LogP contribution is 2.20. The summed E-state index contributed by atoms with van der Waals surface area (Å²) in [6.07, 6.45) is 2.94. The molecule has 0 atom stereocenters. The second-order valence-corrected chi connectivity index (χ2v) is 5.10. The van der Waals surface area contributed by atoms with Crippen LogP contribution in [0.4, 0.5) is 14.5 Å². The standard InChI is InChI=1S/C13H12BrF2N3O2/c1-21-3-2-19-7-9(6-17-19)18-13(20)12-10(15)4-8(14)5-11(12)16/h4-7H,2-3H2,1H3,(H,18,20). The van der Waals surface area contributed by atoms with Crippen molar-refractivity contribution in [1.82, 2.24) is 9.78 Å². The lowest BCUT2D eigenvalue weighted by Crippen LogP contribution is -2.15. The molecule has 0 saturated carbocycles. The van der Waals surface area contributed by atoms with E-state index in [9.17, 15) is 13.6 Å². The van der Waals surface area contributed by atoms with Crippen LogP contribution >= 0.6 is 15.9 Å². The van der Waals surface area contributed by atoms with E-state index in [4.69, 9.17) is 4.74 Å². The molecule has 8 heteroatoms. The highest BCUT2D eigenvalue weighted by molar-refractivity contribution is 9.10. The van der Waals surface area contributed by atoms with Gasteiger partial charge in [0, 0.05) is 17.8 Å². The molecule has 112 valence electrons. The van der Waals surface area contributed by atoms with Crippen molar-refractivity contribution in [3.63, 3.8) is 0 Å². The number of ether oxygens (including phenoxy) is 1. The van der Waals surface area contributed by atoms with Crippen LogP contribution in [0, 0.1) is 11.6 Å². The number of nitrogens with one attached hydrogen (secondary N) is 1. The summed E-state index contributed by atoms with van der Waals surface area (Å²) < 4.78 is 34.0. The Hall–Kier alpha value is -1.80. The summed E-state index contributed by atoms with van der Waals surface area (Å²) in [5, 5.41) is 6.38. The molecular formula is C13H12BrF2N3O2. The number of aromatic nitrogens is 2. The van der Waals surface area contributed by atoms with Gasteiger partial charge in [-0.2, -0.15) is 5.10 Å². The van der Waals surface area contributed by atoms with E-state index in [1.807, 2.05) is 0 Å². The molecule has 0 fully saturated rings. The van der Waals surface area contributed by atoms with E-state index in [1.165, 1.54) is 6.20 Å². The van der Waals surface area contributed by atoms with Crippen LogP contribution < -0.4 is 5.32 Å². The number of hydrogen-bond acceptors (Lipinski definition) is 3. The molecule has 0 aliphatic heterocycles. The second-order valence-electron chi connectivity index (χ2n) is 4.18. The zero-order chi connectivity index (χ0) is 15.4. The first kappa shape index (κ1) is 15.6. The first-order valence-corrected chi connectivity index (χ1v) is 6.78. The summed E-state index contributed by atoms with van der Waals surface area (Å²) in [5.41, 5.74) is -0.291. The maximum atomic E-state index is 13.7. The molecule has 2 rings (SSSR count). The minimum absolute atomic E-state index is 0.224. The van der Waals surface area contributed by atoms with Crippen molar-refractivity contribution in [2.45, 2.75) is 6.54 Å². The maximum Gasteiger partial charge on any atom is 0.261 e. The SMILES string of the molecule is COCCn1cc(NC(=O)c2c(F)cc(Br)cc2F)cn1. The highest BCUT2D eigenvalue weighted by Gasteiger charge is 2.19. The second kappa shape index (κ2) is 6.77. The highest BCUT2D eigenvalue weighted by atomic mass is 79.9. The topological polar surface area (TPSA) is 56.1 Å². The summed E-state index contributed by atoms with van der Waals surface area (Å²) in [7, 11) is 1.56. The lowest BCUT2D eigenvalue weighted by molar-refractivity contribution is 0.101. The van der Waals surface area contributed by atoms with Gasteiger partial charge in [-0.05, 0) is 12.1 Å². The molecule has 1 aromatic heterocycles. The number of carbonyl (C=O) groups is 1. The fourth-order valence-corrected chi connectivity index (χ4v) is 2.09. The van der Waals surface area contributed by atoms with Gasteiger partial charge >= 0.3 is 0 Å². The Kier molecular flexibility index (Phi) is 5.03. The Bertz CT molecular complexity index is 638. The molecule has 1 amide bonds. The van der Waals surface area contributed by atoms with Gasteiger partial charge in [-0.25, -0.2) is 8.78 Å². The molecular weight excluding hydrogens is 348 g/mol. The van der Waals surface area contributed by atoms with Crippen LogP contribution in [-0.2, 0) is 11.3 Å². The predicted octanol–water partition coefficient (Wildman–Crippen LogP) is 2.82. The molecule has 1 heterocycles.